The fourth-order valence-corrected chi connectivity index (χ4v) is 3.34. The largest absolute Gasteiger partial charge is 0.326 e. The molecule has 1 aromatic carbocycles. The Morgan fingerprint density at radius 3 is 2.27 bits per heavy atom. The van der Waals surface area contributed by atoms with Crippen LogP contribution in [-0.4, -0.2) is 23.9 Å². The Labute approximate surface area is 163 Å². The molecule has 26 heavy (non-hydrogen) atoms. The molecule has 9 heteroatoms. The van der Waals surface area contributed by atoms with Crippen LogP contribution in [0.15, 0.2) is 46.3 Å². The molecule has 4 amide bonds. The van der Waals surface area contributed by atoms with E-state index in [0.29, 0.717) is 10.6 Å². The summed E-state index contributed by atoms with van der Waals surface area (Å²) in [5.41, 5.74) is 5.32. The molecule has 2 aromatic rings. The highest BCUT2D eigenvalue weighted by atomic mass is 79.9. The van der Waals surface area contributed by atoms with Crippen LogP contribution in [-0.2, 0) is 4.79 Å². The van der Waals surface area contributed by atoms with Gasteiger partial charge in [0.15, 0.2) is 0 Å². The van der Waals surface area contributed by atoms with Crippen molar-refractivity contribution < 1.29 is 14.4 Å². The second kappa shape index (κ2) is 9.35. The van der Waals surface area contributed by atoms with Crippen molar-refractivity contribution in [2.24, 2.45) is 5.92 Å². The van der Waals surface area contributed by atoms with Gasteiger partial charge in [-0.25, -0.2) is 4.79 Å². The van der Waals surface area contributed by atoms with E-state index >= 15 is 0 Å². The highest BCUT2D eigenvalue weighted by molar-refractivity contribution is 9.11. The zero-order chi connectivity index (χ0) is 19.1. The quantitative estimate of drug-likeness (QED) is 0.539. The first-order valence-corrected chi connectivity index (χ1v) is 9.46. The summed E-state index contributed by atoms with van der Waals surface area (Å²) in [7, 11) is 0. The maximum absolute atomic E-state index is 12.3. The molecule has 1 unspecified atom stereocenters. The van der Waals surface area contributed by atoms with Gasteiger partial charge in [-0.3, -0.25) is 20.4 Å². The summed E-state index contributed by atoms with van der Waals surface area (Å²) in [5.74, 6) is -1.11. The van der Waals surface area contributed by atoms with E-state index in [0.717, 1.165) is 3.79 Å². The molecule has 2 rings (SSSR count). The second-order valence-electron chi connectivity index (χ2n) is 5.73. The topological polar surface area (TPSA) is 99.3 Å². The third-order valence-electron chi connectivity index (χ3n) is 3.36. The first-order valence-electron chi connectivity index (χ1n) is 7.85. The number of para-hydroxylation sites is 1. The zero-order valence-electron chi connectivity index (χ0n) is 14.2. The lowest BCUT2D eigenvalue weighted by Crippen LogP contribution is -2.55. The van der Waals surface area contributed by atoms with Crippen LogP contribution in [0.25, 0.3) is 0 Å². The van der Waals surface area contributed by atoms with Gasteiger partial charge in [0.2, 0.25) is 0 Å². The Balaban J connectivity index is 1.90. The minimum Gasteiger partial charge on any atom is -0.326 e. The number of benzene rings is 1. The number of thiophene rings is 1. The van der Waals surface area contributed by atoms with Crippen molar-refractivity contribution in [2.75, 3.05) is 5.32 Å². The molecule has 0 radical (unpaired) electrons. The lowest BCUT2D eigenvalue weighted by molar-refractivity contribution is -0.124. The highest BCUT2D eigenvalue weighted by Crippen LogP contribution is 2.21. The Morgan fingerprint density at radius 1 is 1.00 bits per heavy atom. The molecule has 7 nitrogen and oxygen atoms in total. The molecule has 0 aliphatic rings. The summed E-state index contributed by atoms with van der Waals surface area (Å²) in [6.45, 7) is 3.59. The van der Waals surface area contributed by atoms with Gasteiger partial charge in [-0.05, 0) is 46.1 Å². The molecule has 0 saturated heterocycles. The summed E-state index contributed by atoms with van der Waals surface area (Å²) in [6, 6.07) is 11.0. The van der Waals surface area contributed by atoms with Gasteiger partial charge >= 0.3 is 6.03 Å². The van der Waals surface area contributed by atoms with E-state index in [2.05, 4.69) is 37.4 Å². The van der Waals surface area contributed by atoms with Gasteiger partial charge in [0, 0.05) is 5.69 Å². The fraction of sp³-hybridized carbons (Fsp3) is 0.235. The first kappa shape index (κ1) is 19.9. The van der Waals surface area contributed by atoms with Gasteiger partial charge in [-0.1, -0.05) is 32.0 Å². The summed E-state index contributed by atoms with van der Waals surface area (Å²) >= 11 is 4.52. The summed E-state index contributed by atoms with van der Waals surface area (Å²) in [6.07, 6.45) is 0. The number of hydrogen-bond acceptors (Lipinski definition) is 4. The number of anilines is 1. The van der Waals surface area contributed by atoms with E-state index in [9.17, 15) is 14.4 Å². The van der Waals surface area contributed by atoms with E-state index < -0.39 is 23.9 Å². The number of carbonyl (C=O) groups excluding carboxylic acids is 3. The maximum atomic E-state index is 12.3. The normalized spacial score (nSPS) is 11.5. The maximum Gasteiger partial charge on any atom is 0.319 e. The molecular weight excluding hydrogens is 420 g/mol. The molecule has 1 atom stereocenters. The van der Waals surface area contributed by atoms with Gasteiger partial charge in [-0.15, -0.1) is 11.3 Å². The predicted octanol–water partition coefficient (Wildman–Crippen LogP) is 3.12. The van der Waals surface area contributed by atoms with Gasteiger partial charge in [0.1, 0.15) is 6.04 Å². The summed E-state index contributed by atoms with van der Waals surface area (Å²) < 4.78 is 0.813. The van der Waals surface area contributed by atoms with Gasteiger partial charge in [-0.2, -0.15) is 0 Å². The molecule has 0 aliphatic carbocycles. The molecule has 138 valence electrons. The van der Waals surface area contributed by atoms with Crippen molar-refractivity contribution >= 4 is 50.8 Å². The van der Waals surface area contributed by atoms with Crippen LogP contribution in [0.1, 0.15) is 23.5 Å². The number of hydrazine groups is 1. The van der Waals surface area contributed by atoms with Gasteiger partial charge in [0.05, 0.1) is 8.66 Å². The number of amides is 4. The standard InChI is InChI=1S/C17H19BrN4O3S/c1-10(2)14(20-17(25)19-11-6-4-3-5-7-11)16(24)22-21-15(23)12-8-9-13(18)26-12/h3-10,14H,1-2H3,(H,21,23)(H,22,24)(H2,19,20,25). The van der Waals surface area contributed by atoms with Crippen LogP contribution >= 0.6 is 27.3 Å². The van der Waals surface area contributed by atoms with E-state index in [1.807, 2.05) is 6.07 Å². The van der Waals surface area contributed by atoms with Crippen LogP contribution in [0.2, 0.25) is 0 Å². The SMILES string of the molecule is CC(C)C(NC(=O)Nc1ccccc1)C(=O)NNC(=O)c1ccc(Br)s1. The van der Waals surface area contributed by atoms with Crippen LogP contribution in [0.3, 0.4) is 0 Å². The highest BCUT2D eigenvalue weighted by Gasteiger charge is 2.25. The molecule has 1 heterocycles. The third kappa shape index (κ3) is 5.85. The van der Waals surface area contributed by atoms with E-state index in [4.69, 9.17) is 0 Å². The Morgan fingerprint density at radius 2 is 1.69 bits per heavy atom. The lowest BCUT2D eigenvalue weighted by Gasteiger charge is -2.22. The lowest BCUT2D eigenvalue weighted by atomic mass is 10.0. The second-order valence-corrected chi connectivity index (χ2v) is 8.20. The number of halogens is 1. The van der Waals surface area contributed by atoms with Crippen LogP contribution in [0, 0.1) is 5.92 Å². The molecule has 0 spiro atoms. The zero-order valence-corrected chi connectivity index (χ0v) is 16.6. The van der Waals surface area contributed by atoms with Crippen molar-refractivity contribution in [1.29, 1.82) is 0 Å². The average molecular weight is 439 g/mol. The van der Waals surface area contributed by atoms with Crippen molar-refractivity contribution in [3.8, 4) is 0 Å². The smallest absolute Gasteiger partial charge is 0.319 e. The molecule has 0 fully saturated rings. The first-order chi connectivity index (χ1) is 12.4. The molecule has 4 N–H and O–H groups in total. The van der Waals surface area contributed by atoms with Crippen LogP contribution < -0.4 is 21.5 Å². The van der Waals surface area contributed by atoms with Gasteiger partial charge < -0.3 is 10.6 Å². The minimum atomic E-state index is -0.811. The van der Waals surface area contributed by atoms with E-state index in [-0.39, 0.29) is 5.92 Å². The van der Waals surface area contributed by atoms with Crippen molar-refractivity contribution in [3.05, 3.63) is 51.1 Å². The monoisotopic (exact) mass is 438 g/mol. The Kier molecular flexibility index (Phi) is 7.16. The van der Waals surface area contributed by atoms with Crippen molar-refractivity contribution in [2.45, 2.75) is 19.9 Å². The number of urea groups is 1. The van der Waals surface area contributed by atoms with Gasteiger partial charge in [0.25, 0.3) is 11.8 Å². The van der Waals surface area contributed by atoms with E-state index in [1.54, 1.807) is 50.2 Å². The predicted molar refractivity (Wildman–Crippen MR) is 105 cm³/mol. The molecular formula is C17H19BrN4O3S. The third-order valence-corrected chi connectivity index (χ3v) is 4.99. The van der Waals surface area contributed by atoms with E-state index in [1.165, 1.54) is 11.3 Å². The number of rotatable bonds is 5. The molecule has 1 aromatic heterocycles. The number of carbonyl (C=O) groups is 3. The Hall–Kier alpha value is -2.39. The van der Waals surface area contributed by atoms with Crippen LogP contribution in [0.5, 0.6) is 0 Å². The minimum absolute atomic E-state index is 0.177. The summed E-state index contributed by atoms with van der Waals surface area (Å²) in [5, 5.41) is 5.27. The average Bonchev–Trinajstić information content (AvgIpc) is 3.04. The number of nitrogens with one attached hydrogen (secondary N) is 4. The molecule has 0 bridgehead atoms. The molecule has 0 saturated carbocycles. The number of hydrogen-bond donors (Lipinski definition) is 4. The van der Waals surface area contributed by atoms with Crippen molar-refractivity contribution in [3.63, 3.8) is 0 Å². The summed E-state index contributed by atoms with van der Waals surface area (Å²) in [4.78, 5) is 36.9. The molecule has 0 aliphatic heterocycles. The van der Waals surface area contributed by atoms with Crippen LogP contribution in [0.4, 0.5) is 10.5 Å². The fourth-order valence-electron chi connectivity index (χ4n) is 2.06. The van der Waals surface area contributed by atoms with Crippen molar-refractivity contribution in [1.82, 2.24) is 16.2 Å². The Bertz CT molecular complexity index is 779.